The second-order valence-electron chi connectivity index (χ2n) is 5.94. The molecule has 0 saturated heterocycles. The molecule has 2 aromatic rings. The fourth-order valence-electron chi connectivity index (χ4n) is 2.54. The monoisotopic (exact) mass is 316 g/mol. The van der Waals surface area contributed by atoms with Gasteiger partial charge in [0.25, 0.3) is 0 Å². The molecule has 3 rings (SSSR count). The van der Waals surface area contributed by atoms with Gasteiger partial charge in [-0.3, -0.25) is 4.79 Å². The predicted molar refractivity (Wildman–Crippen MR) is 82.0 cm³/mol. The van der Waals surface area contributed by atoms with E-state index in [2.05, 4.69) is 0 Å². The van der Waals surface area contributed by atoms with Crippen LogP contribution < -0.4 is 4.74 Å². The Bertz CT molecular complexity index is 836. The third-order valence-electron chi connectivity index (χ3n) is 3.59. The molecule has 0 spiro atoms. The molecule has 0 amide bonds. The van der Waals surface area contributed by atoms with E-state index in [1.807, 2.05) is 13.8 Å². The van der Waals surface area contributed by atoms with E-state index >= 15 is 0 Å². The maximum absolute atomic E-state index is 12.6. The molecule has 0 bridgehead atoms. The minimum absolute atomic E-state index is 0.0325. The summed E-state index contributed by atoms with van der Waals surface area (Å²) >= 11 is 0. The highest BCUT2D eigenvalue weighted by atomic mass is 32.2. The number of carbonyl (C=O) groups excluding carboxylic acids is 1. The Morgan fingerprint density at radius 1 is 1.00 bits per heavy atom. The smallest absolute Gasteiger partial charge is 0.206 e. The van der Waals surface area contributed by atoms with Gasteiger partial charge in [0.15, 0.2) is 5.78 Å². The first kappa shape index (κ1) is 14.8. The van der Waals surface area contributed by atoms with Crippen molar-refractivity contribution in [3.63, 3.8) is 0 Å². The van der Waals surface area contributed by atoms with Crippen molar-refractivity contribution in [1.82, 2.24) is 0 Å². The van der Waals surface area contributed by atoms with E-state index in [0.29, 0.717) is 11.3 Å². The SMILES string of the molecule is CC1(C)CC(=O)c2ccc(S(=O)(=O)c3ccccc3)cc2O1. The first-order valence-corrected chi connectivity index (χ1v) is 8.44. The number of hydrogen-bond acceptors (Lipinski definition) is 4. The van der Waals surface area contributed by atoms with Crippen LogP contribution in [0.15, 0.2) is 58.3 Å². The Labute approximate surface area is 129 Å². The van der Waals surface area contributed by atoms with Crippen LogP contribution in [0.5, 0.6) is 5.75 Å². The van der Waals surface area contributed by atoms with Crippen LogP contribution in [0.1, 0.15) is 30.6 Å². The number of hydrogen-bond donors (Lipinski definition) is 0. The highest BCUT2D eigenvalue weighted by molar-refractivity contribution is 7.91. The zero-order valence-corrected chi connectivity index (χ0v) is 13.2. The molecule has 114 valence electrons. The van der Waals surface area contributed by atoms with Crippen molar-refractivity contribution in [3.05, 3.63) is 54.1 Å². The molecule has 4 nitrogen and oxygen atoms in total. The maximum atomic E-state index is 12.6. The van der Waals surface area contributed by atoms with Crippen molar-refractivity contribution in [2.45, 2.75) is 35.7 Å². The first-order valence-electron chi connectivity index (χ1n) is 6.96. The highest BCUT2D eigenvalue weighted by Crippen LogP contribution is 2.35. The number of carbonyl (C=O) groups is 1. The molecule has 0 N–H and O–H groups in total. The molecule has 0 fully saturated rings. The number of benzene rings is 2. The average Bonchev–Trinajstić information content (AvgIpc) is 2.46. The molecule has 2 aromatic carbocycles. The number of Topliss-reactive ketones (excluding diaryl/α,β-unsaturated/α-hetero) is 1. The zero-order chi connectivity index (χ0) is 16.0. The second kappa shape index (κ2) is 4.95. The summed E-state index contributed by atoms with van der Waals surface area (Å²) in [5.74, 6) is 0.299. The van der Waals surface area contributed by atoms with E-state index < -0.39 is 15.4 Å². The van der Waals surface area contributed by atoms with Gasteiger partial charge in [0.2, 0.25) is 9.84 Å². The fraction of sp³-hybridized carbons (Fsp3) is 0.235. The van der Waals surface area contributed by atoms with Crippen LogP contribution in [-0.2, 0) is 9.84 Å². The van der Waals surface area contributed by atoms with Crippen LogP contribution in [0.25, 0.3) is 0 Å². The Balaban J connectivity index is 2.10. The van der Waals surface area contributed by atoms with Crippen LogP contribution in [0.2, 0.25) is 0 Å². The van der Waals surface area contributed by atoms with Gasteiger partial charge in [-0.25, -0.2) is 8.42 Å². The molecule has 5 heteroatoms. The minimum Gasteiger partial charge on any atom is -0.487 e. The molecule has 1 heterocycles. The lowest BCUT2D eigenvalue weighted by Gasteiger charge is -2.31. The van der Waals surface area contributed by atoms with Gasteiger partial charge < -0.3 is 4.74 Å². The molecular formula is C17H16O4S. The molecular weight excluding hydrogens is 300 g/mol. The Hall–Kier alpha value is -2.14. The molecule has 1 aliphatic heterocycles. The summed E-state index contributed by atoms with van der Waals surface area (Å²) in [4.78, 5) is 12.4. The van der Waals surface area contributed by atoms with Crippen LogP contribution in [0, 0.1) is 0 Å². The molecule has 22 heavy (non-hydrogen) atoms. The lowest BCUT2D eigenvalue weighted by atomic mass is 9.93. The Morgan fingerprint density at radius 2 is 1.68 bits per heavy atom. The van der Waals surface area contributed by atoms with Gasteiger partial charge in [0.05, 0.1) is 21.8 Å². The Kier molecular flexibility index (Phi) is 3.33. The summed E-state index contributed by atoms with van der Waals surface area (Å²) in [6.45, 7) is 3.62. The van der Waals surface area contributed by atoms with Crippen LogP contribution >= 0.6 is 0 Å². The van der Waals surface area contributed by atoms with E-state index in [-0.39, 0.29) is 22.0 Å². The van der Waals surface area contributed by atoms with Gasteiger partial charge in [-0.1, -0.05) is 18.2 Å². The van der Waals surface area contributed by atoms with Gasteiger partial charge in [0, 0.05) is 0 Å². The molecule has 0 atom stereocenters. The average molecular weight is 316 g/mol. The van der Waals surface area contributed by atoms with E-state index in [0.717, 1.165) is 0 Å². The molecule has 0 aromatic heterocycles. The van der Waals surface area contributed by atoms with E-state index in [1.165, 1.54) is 18.2 Å². The fourth-order valence-corrected chi connectivity index (χ4v) is 3.83. The summed E-state index contributed by atoms with van der Waals surface area (Å²) in [6.07, 6.45) is 0.283. The van der Waals surface area contributed by atoms with Crippen molar-refractivity contribution < 1.29 is 17.9 Å². The van der Waals surface area contributed by atoms with E-state index in [1.54, 1.807) is 30.3 Å². The van der Waals surface area contributed by atoms with Crippen LogP contribution in [0.4, 0.5) is 0 Å². The van der Waals surface area contributed by atoms with Gasteiger partial charge in [-0.2, -0.15) is 0 Å². The van der Waals surface area contributed by atoms with Gasteiger partial charge in [0.1, 0.15) is 11.4 Å². The van der Waals surface area contributed by atoms with Crippen molar-refractivity contribution >= 4 is 15.6 Å². The molecule has 0 radical (unpaired) electrons. The quantitative estimate of drug-likeness (QED) is 0.853. The largest absolute Gasteiger partial charge is 0.487 e. The first-order chi connectivity index (χ1) is 10.3. The lowest BCUT2D eigenvalue weighted by molar-refractivity contribution is 0.0618. The molecule has 1 aliphatic rings. The van der Waals surface area contributed by atoms with E-state index in [4.69, 9.17) is 4.74 Å². The normalized spacial score (nSPS) is 16.7. The number of fused-ring (bicyclic) bond motifs is 1. The molecule has 0 aliphatic carbocycles. The number of sulfone groups is 1. The van der Waals surface area contributed by atoms with Crippen molar-refractivity contribution in [2.75, 3.05) is 0 Å². The van der Waals surface area contributed by atoms with E-state index in [9.17, 15) is 13.2 Å². The van der Waals surface area contributed by atoms with Crippen molar-refractivity contribution in [3.8, 4) is 5.75 Å². The zero-order valence-electron chi connectivity index (χ0n) is 12.4. The summed E-state index contributed by atoms with van der Waals surface area (Å²) in [6, 6.07) is 12.6. The van der Waals surface area contributed by atoms with Gasteiger partial charge in [-0.05, 0) is 44.2 Å². The lowest BCUT2D eigenvalue weighted by Crippen LogP contribution is -2.35. The third-order valence-corrected chi connectivity index (χ3v) is 5.36. The summed E-state index contributed by atoms with van der Waals surface area (Å²) in [5, 5.41) is 0. The third kappa shape index (κ3) is 2.52. The van der Waals surface area contributed by atoms with Crippen LogP contribution in [0.3, 0.4) is 0 Å². The number of ether oxygens (including phenoxy) is 1. The van der Waals surface area contributed by atoms with Gasteiger partial charge >= 0.3 is 0 Å². The predicted octanol–water partition coefficient (Wildman–Crippen LogP) is 3.26. The second-order valence-corrected chi connectivity index (χ2v) is 7.89. The van der Waals surface area contributed by atoms with Crippen LogP contribution in [-0.4, -0.2) is 19.8 Å². The van der Waals surface area contributed by atoms with Gasteiger partial charge in [-0.15, -0.1) is 0 Å². The molecule has 0 saturated carbocycles. The number of rotatable bonds is 2. The Morgan fingerprint density at radius 3 is 2.36 bits per heavy atom. The summed E-state index contributed by atoms with van der Waals surface area (Å²) in [5.41, 5.74) is -0.189. The number of ketones is 1. The molecule has 0 unspecified atom stereocenters. The minimum atomic E-state index is -3.62. The van der Waals surface area contributed by atoms with Crippen molar-refractivity contribution in [1.29, 1.82) is 0 Å². The highest BCUT2D eigenvalue weighted by Gasteiger charge is 2.33. The topological polar surface area (TPSA) is 60.4 Å². The summed E-state index contributed by atoms with van der Waals surface area (Å²) in [7, 11) is -3.62. The summed E-state index contributed by atoms with van der Waals surface area (Å²) < 4.78 is 31.0. The van der Waals surface area contributed by atoms with Crippen molar-refractivity contribution in [2.24, 2.45) is 0 Å². The maximum Gasteiger partial charge on any atom is 0.206 e. The standard InChI is InChI=1S/C17H16O4S/c1-17(2)11-15(18)14-9-8-13(10-16(14)21-17)22(19,20)12-6-4-3-5-7-12/h3-10H,11H2,1-2H3.